The van der Waals surface area contributed by atoms with Gasteiger partial charge in [0, 0.05) is 23.5 Å². The van der Waals surface area contributed by atoms with E-state index >= 15 is 0 Å². The molecule has 1 unspecified atom stereocenters. The molecule has 0 bridgehead atoms. The maximum Gasteiger partial charge on any atom is 0.0705 e. The lowest BCUT2D eigenvalue weighted by molar-refractivity contribution is 0.171. The molecule has 2 N–H and O–H groups in total. The molecule has 1 aromatic rings. The molecule has 3 heteroatoms. The van der Waals surface area contributed by atoms with Gasteiger partial charge >= 0.3 is 0 Å². The maximum atomic E-state index is 9.82. The summed E-state index contributed by atoms with van der Waals surface area (Å²) < 4.78 is 1.08. The average Bonchev–Trinajstić information content (AvgIpc) is 3.02. The highest BCUT2D eigenvalue weighted by molar-refractivity contribution is 9.10. The zero-order valence-corrected chi connectivity index (χ0v) is 10.2. The Morgan fingerprint density at radius 1 is 1.40 bits per heavy atom. The zero-order valence-electron chi connectivity index (χ0n) is 8.62. The average molecular weight is 270 g/mol. The van der Waals surface area contributed by atoms with E-state index in [1.54, 1.807) is 0 Å². The minimum Gasteiger partial charge on any atom is -0.391 e. The minimum atomic E-state index is -0.288. The number of halogens is 1. The highest BCUT2D eigenvalue weighted by Crippen LogP contribution is 2.20. The molecule has 2 rings (SSSR count). The molecular formula is C12H16BrNO. The van der Waals surface area contributed by atoms with Gasteiger partial charge < -0.3 is 10.4 Å². The molecule has 0 aromatic heterocycles. The van der Waals surface area contributed by atoms with Crippen molar-refractivity contribution in [1.29, 1.82) is 0 Å². The number of aliphatic hydroxyl groups excluding tert-OH is 1. The molecule has 15 heavy (non-hydrogen) atoms. The smallest absolute Gasteiger partial charge is 0.0705 e. The summed E-state index contributed by atoms with van der Waals surface area (Å²) in [6.07, 6.45) is 2.95. The quantitative estimate of drug-likeness (QED) is 0.858. The van der Waals surface area contributed by atoms with E-state index in [0.717, 1.165) is 4.47 Å². The zero-order chi connectivity index (χ0) is 10.7. The Morgan fingerprint density at radius 3 is 2.80 bits per heavy atom. The molecule has 1 aliphatic carbocycles. The van der Waals surface area contributed by atoms with E-state index in [1.165, 1.54) is 18.4 Å². The van der Waals surface area contributed by atoms with E-state index in [9.17, 15) is 5.11 Å². The van der Waals surface area contributed by atoms with Crippen LogP contribution in [0.15, 0.2) is 28.7 Å². The topological polar surface area (TPSA) is 32.3 Å². The maximum absolute atomic E-state index is 9.82. The first-order chi connectivity index (χ1) is 7.25. The molecule has 1 aliphatic rings. The Labute approximate surface area is 98.8 Å². The van der Waals surface area contributed by atoms with E-state index < -0.39 is 0 Å². The van der Waals surface area contributed by atoms with Crippen molar-refractivity contribution in [2.75, 3.05) is 6.54 Å². The van der Waals surface area contributed by atoms with Gasteiger partial charge in [-0.05, 0) is 24.5 Å². The fourth-order valence-corrected chi connectivity index (χ4v) is 2.03. The Morgan fingerprint density at radius 2 is 2.13 bits per heavy atom. The van der Waals surface area contributed by atoms with Crippen LogP contribution < -0.4 is 5.32 Å². The predicted molar refractivity (Wildman–Crippen MR) is 64.9 cm³/mol. The molecule has 2 nitrogen and oxygen atoms in total. The third kappa shape index (κ3) is 3.59. The molecule has 0 aliphatic heterocycles. The van der Waals surface area contributed by atoms with Crippen molar-refractivity contribution in [2.24, 2.45) is 0 Å². The van der Waals surface area contributed by atoms with Crippen LogP contribution in [-0.2, 0) is 6.42 Å². The number of aliphatic hydroxyl groups is 1. The van der Waals surface area contributed by atoms with Crippen LogP contribution in [0.3, 0.4) is 0 Å². The lowest BCUT2D eigenvalue weighted by atomic mass is 10.1. The standard InChI is InChI=1S/C12H16BrNO/c13-12-4-2-1-3-9(12)7-11(15)8-14-10-5-6-10/h1-4,10-11,14-15H,5-8H2. The van der Waals surface area contributed by atoms with Gasteiger partial charge in [0.15, 0.2) is 0 Å². The van der Waals surface area contributed by atoms with Crippen molar-refractivity contribution in [3.05, 3.63) is 34.3 Å². The Bertz CT molecular complexity index is 325. The van der Waals surface area contributed by atoms with Gasteiger partial charge in [0.1, 0.15) is 0 Å². The van der Waals surface area contributed by atoms with Crippen LogP contribution in [0.1, 0.15) is 18.4 Å². The number of hydrogen-bond donors (Lipinski definition) is 2. The first-order valence-corrected chi connectivity index (χ1v) is 6.20. The summed E-state index contributed by atoms with van der Waals surface area (Å²) in [5.74, 6) is 0. The number of rotatable bonds is 5. The fraction of sp³-hybridized carbons (Fsp3) is 0.500. The predicted octanol–water partition coefficient (Wildman–Crippen LogP) is 2.10. The lowest BCUT2D eigenvalue weighted by Crippen LogP contribution is -2.29. The third-order valence-corrected chi connectivity index (χ3v) is 3.41. The summed E-state index contributed by atoms with van der Waals surface area (Å²) in [5.41, 5.74) is 1.17. The van der Waals surface area contributed by atoms with Gasteiger partial charge in [0.25, 0.3) is 0 Å². The summed E-state index contributed by atoms with van der Waals surface area (Å²) in [5, 5.41) is 13.2. The molecular weight excluding hydrogens is 254 g/mol. The Balaban J connectivity index is 1.81. The molecule has 0 spiro atoms. The summed E-state index contributed by atoms with van der Waals surface area (Å²) in [4.78, 5) is 0. The van der Waals surface area contributed by atoms with Crippen LogP contribution in [0, 0.1) is 0 Å². The monoisotopic (exact) mass is 269 g/mol. The number of nitrogens with one attached hydrogen (secondary N) is 1. The number of hydrogen-bond acceptors (Lipinski definition) is 2. The second kappa shape index (κ2) is 5.10. The molecule has 0 amide bonds. The van der Waals surface area contributed by atoms with Gasteiger partial charge in [-0.2, -0.15) is 0 Å². The van der Waals surface area contributed by atoms with Crippen LogP contribution in [0.5, 0.6) is 0 Å². The fourth-order valence-electron chi connectivity index (χ4n) is 1.58. The third-order valence-electron chi connectivity index (χ3n) is 2.63. The van der Waals surface area contributed by atoms with Gasteiger partial charge in [0.2, 0.25) is 0 Å². The lowest BCUT2D eigenvalue weighted by Gasteiger charge is -2.12. The Kier molecular flexibility index (Phi) is 3.78. The molecule has 0 saturated heterocycles. The van der Waals surface area contributed by atoms with Gasteiger partial charge in [0.05, 0.1) is 6.10 Å². The van der Waals surface area contributed by atoms with Gasteiger partial charge in [-0.15, -0.1) is 0 Å². The van der Waals surface area contributed by atoms with Crippen LogP contribution in [-0.4, -0.2) is 23.8 Å². The molecule has 0 radical (unpaired) electrons. The highest BCUT2D eigenvalue weighted by Gasteiger charge is 2.21. The molecule has 1 atom stereocenters. The van der Waals surface area contributed by atoms with Crippen molar-refractivity contribution >= 4 is 15.9 Å². The summed E-state index contributed by atoms with van der Waals surface area (Å²) in [6.45, 7) is 0.700. The van der Waals surface area contributed by atoms with Crippen molar-refractivity contribution in [1.82, 2.24) is 5.32 Å². The van der Waals surface area contributed by atoms with Gasteiger partial charge in [-0.3, -0.25) is 0 Å². The normalized spacial score (nSPS) is 17.7. The van der Waals surface area contributed by atoms with E-state index in [4.69, 9.17) is 0 Å². The minimum absolute atomic E-state index is 0.288. The second-order valence-corrected chi connectivity index (χ2v) is 4.99. The van der Waals surface area contributed by atoms with Crippen molar-refractivity contribution in [3.63, 3.8) is 0 Å². The first kappa shape index (κ1) is 11.1. The Hall–Kier alpha value is -0.380. The summed E-state index contributed by atoms with van der Waals surface area (Å²) in [6, 6.07) is 8.71. The molecule has 1 fully saturated rings. The van der Waals surface area contributed by atoms with E-state index in [0.29, 0.717) is 19.0 Å². The SMILES string of the molecule is OC(CNC1CC1)Cc1ccccc1Br. The van der Waals surface area contributed by atoms with Gasteiger partial charge in [-0.25, -0.2) is 0 Å². The number of benzene rings is 1. The van der Waals surface area contributed by atoms with E-state index in [1.807, 2.05) is 24.3 Å². The van der Waals surface area contributed by atoms with Crippen LogP contribution >= 0.6 is 15.9 Å². The van der Waals surface area contributed by atoms with E-state index in [2.05, 4.69) is 21.2 Å². The van der Waals surface area contributed by atoms with Crippen molar-refractivity contribution in [2.45, 2.75) is 31.4 Å². The van der Waals surface area contributed by atoms with Crippen molar-refractivity contribution in [3.8, 4) is 0 Å². The van der Waals surface area contributed by atoms with Gasteiger partial charge in [-0.1, -0.05) is 34.1 Å². The summed E-state index contributed by atoms with van der Waals surface area (Å²) in [7, 11) is 0. The molecule has 0 heterocycles. The summed E-state index contributed by atoms with van der Waals surface area (Å²) >= 11 is 3.49. The van der Waals surface area contributed by atoms with Crippen LogP contribution in [0.25, 0.3) is 0 Å². The molecule has 1 saturated carbocycles. The molecule has 82 valence electrons. The first-order valence-electron chi connectivity index (χ1n) is 5.40. The highest BCUT2D eigenvalue weighted by atomic mass is 79.9. The molecule has 1 aromatic carbocycles. The second-order valence-electron chi connectivity index (χ2n) is 4.13. The van der Waals surface area contributed by atoms with Crippen LogP contribution in [0.4, 0.5) is 0 Å². The van der Waals surface area contributed by atoms with E-state index in [-0.39, 0.29) is 6.10 Å². The van der Waals surface area contributed by atoms with Crippen LogP contribution in [0.2, 0.25) is 0 Å². The van der Waals surface area contributed by atoms with Crippen molar-refractivity contribution < 1.29 is 5.11 Å². The largest absolute Gasteiger partial charge is 0.391 e.